The van der Waals surface area contributed by atoms with Crippen LogP contribution < -0.4 is 0 Å². The van der Waals surface area contributed by atoms with Crippen LogP contribution in [0.4, 0.5) is 0 Å². The molecule has 4 nitrogen and oxygen atoms in total. The SMILES string of the molecule is CC(C)c1cccc(C(C)C)c1-n1c(-c2cccc3c2oc2ccccc23)nc2cc(C(C)(C)C)ncc21. The Hall–Kier alpha value is -3.92. The second-order valence-corrected chi connectivity index (χ2v) is 12.0. The van der Waals surface area contributed by atoms with Crippen LogP contribution in [-0.4, -0.2) is 14.5 Å². The second-order valence-electron chi connectivity index (χ2n) is 12.0. The molecule has 38 heavy (non-hydrogen) atoms. The van der Waals surface area contributed by atoms with E-state index < -0.39 is 0 Å². The van der Waals surface area contributed by atoms with E-state index in [-0.39, 0.29) is 5.41 Å². The van der Waals surface area contributed by atoms with Gasteiger partial charge in [-0.05, 0) is 41.2 Å². The summed E-state index contributed by atoms with van der Waals surface area (Å²) in [5, 5.41) is 2.22. The van der Waals surface area contributed by atoms with Crippen LogP contribution in [0, 0.1) is 0 Å². The monoisotopic (exact) mass is 501 g/mol. The first kappa shape index (κ1) is 24.4. The highest BCUT2D eigenvalue weighted by molar-refractivity contribution is 6.09. The van der Waals surface area contributed by atoms with Gasteiger partial charge in [-0.25, -0.2) is 4.98 Å². The summed E-state index contributed by atoms with van der Waals surface area (Å²) in [5.74, 6) is 1.57. The average Bonchev–Trinajstić information content (AvgIpc) is 3.45. The van der Waals surface area contributed by atoms with Crippen LogP contribution in [0.25, 0.3) is 50.0 Å². The highest BCUT2D eigenvalue weighted by Crippen LogP contribution is 2.41. The molecule has 0 saturated carbocycles. The molecule has 4 heteroatoms. The van der Waals surface area contributed by atoms with Gasteiger partial charge in [-0.2, -0.15) is 0 Å². The van der Waals surface area contributed by atoms with Crippen LogP contribution in [0.15, 0.2) is 77.3 Å². The molecule has 0 N–H and O–H groups in total. The highest BCUT2D eigenvalue weighted by atomic mass is 16.3. The largest absolute Gasteiger partial charge is 0.455 e. The number of nitrogens with zero attached hydrogens (tertiary/aromatic N) is 3. The van der Waals surface area contributed by atoms with Gasteiger partial charge in [-0.3, -0.25) is 9.55 Å². The predicted octanol–water partition coefficient (Wildman–Crippen LogP) is 9.53. The number of pyridine rings is 1. The summed E-state index contributed by atoms with van der Waals surface area (Å²) < 4.78 is 8.82. The van der Waals surface area contributed by atoms with Gasteiger partial charge < -0.3 is 4.42 Å². The molecule has 3 heterocycles. The van der Waals surface area contributed by atoms with Crippen molar-refractivity contribution < 1.29 is 4.42 Å². The molecule has 0 unspecified atom stereocenters. The van der Waals surface area contributed by atoms with E-state index in [9.17, 15) is 0 Å². The van der Waals surface area contributed by atoms with Gasteiger partial charge in [0.25, 0.3) is 0 Å². The number of rotatable bonds is 4. The molecule has 0 amide bonds. The molecule has 0 radical (unpaired) electrons. The van der Waals surface area contributed by atoms with Gasteiger partial charge in [-0.1, -0.05) is 97.0 Å². The fraction of sp³-hybridized carbons (Fsp3) is 0.294. The van der Waals surface area contributed by atoms with Crippen molar-refractivity contribution in [2.24, 2.45) is 0 Å². The lowest BCUT2D eigenvalue weighted by atomic mass is 9.91. The van der Waals surface area contributed by atoms with Gasteiger partial charge >= 0.3 is 0 Å². The Labute approximate surface area is 224 Å². The first-order chi connectivity index (χ1) is 18.1. The summed E-state index contributed by atoms with van der Waals surface area (Å²) in [6.07, 6.45) is 2.01. The Kier molecular flexibility index (Phi) is 5.68. The van der Waals surface area contributed by atoms with E-state index >= 15 is 0 Å². The first-order valence-corrected chi connectivity index (χ1v) is 13.6. The van der Waals surface area contributed by atoms with E-state index in [2.05, 4.69) is 108 Å². The molecule has 6 rings (SSSR count). The zero-order valence-electron chi connectivity index (χ0n) is 23.3. The Morgan fingerprint density at radius 3 is 2.13 bits per heavy atom. The van der Waals surface area contributed by atoms with Gasteiger partial charge in [0.05, 0.1) is 28.5 Å². The number of aromatic nitrogens is 3. The molecule has 0 bridgehead atoms. The minimum atomic E-state index is -0.0736. The minimum absolute atomic E-state index is 0.0736. The summed E-state index contributed by atoms with van der Waals surface area (Å²) in [4.78, 5) is 10.3. The van der Waals surface area contributed by atoms with Crippen LogP contribution in [0.1, 0.15) is 77.1 Å². The number of benzene rings is 3. The van der Waals surface area contributed by atoms with E-state index in [4.69, 9.17) is 14.4 Å². The lowest BCUT2D eigenvalue weighted by Gasteiger charge is -2.23. The van der Waals surface area contributed by atoms with E-state index in [0.717, 1.165) is 50.1 Å². The first-order valence-electron chi connectivity index (χ1n) is 13.6. The fourth-order valence-electron chi connectivity index (χ4n) is 5.49. The molecule has 3 aromatic heterocycles. The number of hydrogen-bond donors (Lipinski definition) is 0. The summed E-state index contributed by atoms with van der Waals surface area (Å²) >= 11 is 0. The van der Waals surface area contributed by atoms with E-state index in [0.29, 0.717) is 11.8 Å². The number of para-hydroxylation sites is 3. The van der Waals surface area contributed by atoms with Crippen LogP contribution in [0.2, 0.25) is 0 Å². The number of imidazole rings is 1. The van der Waals surface area contributed by atoms with Crippen LogP contribution in [0.5, 0.6) is 0 Å². The molecule has 6 aromatic rings. The predicted molar refractivity (Wildman–Crippen MR) is 158 cm³/mol. The Bertz CT molecular complexity index is 1790. The van der Waals surface area contributed by atoms with E-state index in [1.165, 1.54) is 16.8 Å². The van der Waals surface area contributed by atoms with Crippen LogP contribution in [0.3, 0.4) is 0 Å². The summed E-state index contributed by atoms with van der Waals surface area (Å²) in [7, 11) is 0. The molecule has 0 aliphatic carbocycles. The van der Waals surface area contributed by atoms with Crippen molar-refractivity contribution in [3.8, 4) is 17.1 Å². The molecular weight excluding hydrogens is 466 g/mol. The Morgan fingerprint density at radius 1 is 0.789 bits per heavy atom. The zero-order valence-corrected chi connectivity index (χ0v) is 23.3. The van der Waals surface area contributed by atoms with E-state index in [1.54, 1.807) is 0 Å². The van der Waals surface area contributed by atoms with Crippen molar-refractivity contribution >= 4 is 33.0 Å². The third-order valence-corrected chi connectivity index (χ3v) is 7.52. The number of furan rings is 1. The van der Waals surface area contributed by atoms with Crippen LogP contribution in [-0.2, 0) is 5.41 Å². The number of hydrogen-bond acceptors (Lipinski definition) is 3. The standard InChI is InChI=1S/C34H35N3O/c1-20(2)22-13-10-14-23(21(3)4)31(22)37-28-19-35-30(34(5,6)7)18-27(28)36-33(37)26-16-11-15-25-24-12-8-9-17-29(24)38-32(25)26/h8-21H,1-7H3. The van der Waals surface area contributed by atoms with Gasteiger partial charge in [0.2, 0.25) is 0 Å². The fourth-order valence-corrected chi connectivity index (χ4v) is 5.49. The van der Waals surface area contributed by atoms with Crippen LogP contribution >= 0.6 is 0 Å². The molecular formula is C34H35N3O. The quantitative estimate of drug-likeness (QED) is 0.241. The smallest absolute Gasteiger partial charge is 0.149 e. The van der Waals surface area contributed by atoms with Gasteiger partial charge in [0.15, 0.2) is 0 Å². The molecule has 0 aliphatic rings. The summed E-state index contributed by atoms with van der Waals surface area (Å²) in [6, 6.07) is 23.5. The lowest BCUT2D eigenvalue weighted by molar-refractivity contribution is 0.570. The van der Waals surface area contributed by atoms with Crippen molar-refractivity contribution in [2.45, 2.75) is 65.7 Å². The average molecular weight is 502 g/mol. The molecule has 0 saturated heterocycles. The maximum Gasteiger partial charge on any atom is 0.149 e. The molecule has 0 aliphatic heterocycles. The zero-order chi connectivity index (χ0) is 26.8. The molecule has 0 atom stereocenters. The number of fused-ring (bicyclic) bond motifs is 4. The Balaban J connectivity index is 1.77. The van der Waals surface area contributed by atoms with Gasteiger partial charge in [-0.15, -0.1) is 0 Å². The van der Waals surface area contributed by atoms with Gasteiger partial charge in [0.1, 0.15) is 17.0 Å². The normalized spacial score (nSPS) is 12.6. The molecule has 3 aromatic carbocycles. The maximum atomic E-state index is 6.49. The molecule has 0 fully saturated rings. The van der Waals surface area contributed by atoms with Crippen molar-refractivity contribution in [2.75, 3.05) is 0 Å². The van der Waals surface area contributed by atoms with Crippen molar-refractivity contribution in [3.63, 3.8) is 0 Å². The van der Waals surface area contributed by atoms with E-state index in [1.807, 2.05) is 18.3 Å². The lowest BCUT2D eigenvalue weighted by Crippen LogP contribution is -2.13. The second kappa shape index (κ2) is 8.83. The summed E-state index contributed by atoms with van der Waals surface area (Å²) in [6.45, 7) is 15.6. The van der Waals surface area contributed by atoms with Crippen molar-refractivity contribution in [1.82, 2.24) is 14.5 Å². The highest BCUT2D eigenvalue weighted by Gasteiger charge is 2.26. The third kappa shape index (κ3) is 3.82. The third-order valence-electron chi connectivity index (χ3n) is 7.52. The minimum Gasteiger partial charge on any atom is -0.455 e. The van der Waals surface area contributed by atoms with Crippen molar-refractivity contribution in [1.29, 1.82) is 0 Å². The Morgan fingerprint density at radius 2 is 1.45 bits per heavy atom. The summed E-state index contributed by atoms with van der Waals surface area (Å²) in [5.41, 5.74) is 9.45. The van der Waals surface area contributed by atoms with Crippen molar-refractivity contribution in [3.05, 3.63) is 89.7 Å². The molecule has 192 valence electrons. The topological polar surface area (TPSA) is 43.9 Å². The maximum absolute atomic E-state index is 6.49. The molecule has 0 spiro atoms. The van der Waals surface area contributed by atoms with Gasteiger partial charge in [0, 0.05) is 21.9 Å².